The molecule has 1 aliphatic heterocycles. The second kappa shape index (κ2) is 8.91. The lowest BCUT2D eigenvalue weighted by Crippen LogP contribution is -2.47. The van der Waals surface area contributed by atoms with Crippen LogP contribution in [0.25, 0.3) is 0 Å². The Morgan fingerprint density at radius 3 is 2.59 bits per heavy atom. The van der Waals surface area contributed by atoms with Crippen LogP contribution in [0.5, 0.6) is 0 Å². The van der Waals surface area contributed by atoms with Gasteiger partial charge < -0.3 is 10.2 Å². The highest BCUT2D eigenvalue weighted by molar-refractivity contribution is 5.76. The molecule has 0 saturated carbocycles. The number of rotatable bonds is 7. The van der Waals surface area contributed by atoms with Crippen molar-refractivity contribution in [2.75, 3.05) is 32.7 Å². The van der Waals surface area contributed by atoms with E-state index in [1.807, 2.05) is 11.0 Å². The number of amides is 1. The first-order chi connectivity index (χ1) is 10.7. The van der Waals surface area contributed by atoms with Gasteiger partial charge in [-0.1, -0.05) is 37.3 Å². The topological polar surface area (TPSA) is 35.6 Å². The molecule has 0 radical (unpaired) electrons. The maximum Gasteiger partial charge on any atom is 0.223 e. The minimum Gasteiger partial charge on any atom is -0.340 e. The third kappa shape index (κ3) is 5.11. The van der Waals surface area contributed by atoms with Gasteiger partial charge in [-0.15, -0.1) is 0 Å². The summed E-state index contributed by atoms with van der Waals surface area (Å²) in [6, 6.07) is 11.0. The van der Waals surface area contributed by atoms with Crippen molar-refractivity contribution < 1.29 is 4.79 Å². The van der Waals surface area contributed by atoms with Crippen molar-refractivity contribution in [2.24, 2.45) is 0 Å². The molecule has 22 heavy (non-hydrogen) atoms. The Hall–Kier alpha value is -1.39. The van der Waals surface area contributed by atoms with E-state index >= 15 is 0 Å². The van der Waals surface area contributed by atoms with E-state index < -0.39 is 0 Å². The normalized spacial score (nSPS) is 16.8. The summed E-state index contributed by atoms with van der Waals surface area (Å²) in [4.78, 5) is 16.8. The predicted molar refractivity (Wildman–Crippen MR) is 90.7 cm³/mol. The molecule has 1 aromatic rings. The molecular formula is C18H29N3O. The van der Waals surface area contributed by atoms with Gasteiger partial charge in [-0.3, -0.25) is 9.69 Å². The van der Waals surface area contributed by atoms with Crippen LogP contribution in [0.4, 0.5) is 0 Å². The van der Waals surface area contributed by atoms with E-state index in [2.05, 4.69) is 48.3 Å². The van der Waals surface area contributed by atoms with Gasteiger partial charge in [0.2, 0.25) is 5.91 Å². The highest BCUT2D eigenvalue weighted by atomic mass is 16.2. The molecule has 1 aromatic carbocycles. The molecule has 2 rings (SSSR count). The zero-order valence-corrected chi connectivity index (χ0v) is 13.9. The Kier molecular flexibility index (Phi) is 6.87. The van der Waals surface area contributed by atoms with Gasteiger partial charge in [0, 0.05) is 51.7 Å². The minimum absolute atomic E-state index is 0.294. The number of hydrogen-bond donors (Lipinski definition) is 1. The molecule has 0 aliphatic carbocycles. The van der Waals surface area contributed by atoms with Crippen molar-refractivity contribution in [1.82, 2.24) is 15.1 Å². The van der Waals surface area contributed by atoms with E-state index in [1.54, 1.807) is 0 Å². The number of piperazine rings is 1. The van der Waals surface area contributed by atoms with E-state index in [9.17, 15) is 4.79 Å². The van der Waals surface area contributed by atoms with E-state index in [0.29, 0.717) is 18.4 Å². The number of nitrogens with zero attached hydrogens (tertiary/aromatic N) is 2. The van der Waals surface area contributed by atoms with Crippen molar-refractivity contribution in [2.45, 2.75) is 39.3 Å². The summed E-state index contributed by atoms with van der Waals surface area (Å²) in [6.07, 6.45) is 1.73. The van der Waals surface area contributed by atoms with Gasteiger partial charge in [0.25, 0.3) is 0 Å². The summed E-state index contributed by atoms with van der Waals surface area (Å²) < 4.78 is 0. The van der Waals surface area contributed by atoms with Gasteiger partial charge in [0.05, 0.1) is 0 Å². The summed E-state index contributed by atoms with van der Waals surface area (Å²) in [7, 11) is 0. The van der Waals surface area contributed by atoms with E-state index in [4.69, 9.17) is 0 Å². The quantitative estimate of drug-likeness (QED) is 0.838. The molecule has 1 fully saturated rings. The molecule has 4 nitrogen and oxygen atoms in total. The predicted octanol–water partition coefficient (Wildman–Crippen LogP) is 2.11. The fraction of sp³-hybridized carbons (Fsp3) is 0.611. The Bertz CT molecular complexity index is 443. The van der Waals surface area contributed by atoms with Crippen LogP contribution in [-0.4, -0.2) is 54.5 Å². The van der Waals surface area contributed by atoms with E-state index in [-0.39, 0.29) is 0 Å². The number of carbonyl (C=O) groups excluding carboxylic acids is 1. The first kappa shape index (κ1) is 17.0. The first-order valence-corrected chi connectivity index (χ1v) is 8.47. The molecule has 1 aliphatic rings. The lowest BCUT2D eigenvalue weighted by Gasteiger charge is -2.31. The molecule has 1 atom stereocenters. The maximum absolute atomic E-state index is 12.3. The SMILES string of the molecule is CCC(C)N(CCC(=O)N1CCNCC1)Cc1ccccc1. The summed E-state index contributed by atoms with van der Waals surface area (Å²) in [5.74, 6) is 0.294. The lowest BCUT2D eigenvalue weighted by atomic mass is 10.1. The summed E-state index contributed by atoms with van der Waals surface area (Å²) in [5, 5.41) is 3.29. The van der Waals surface area contributed by atoms with Crippen LogP contribution in [0.2, 0.25) is 0 Å². The maximum atomic E-state index is 12.3. The fourth-order valence-electron chi connectivity index (χ4n) is 2.84. The Morgan fingerprint density at radius 1 is 1.27 bits per heavy atom. The second-order valence-corrected chi connectivity index (χ2v) is 6.09. The highest BCUT2D eigenvalue weighted by Gasteiger charge is 2.19. The molecule has 1 unspecified atom stereocenters. The van der Waals surface area contributed by atoms with Crippen LogP contribution < -0.4 is 5.32 Å². The number of carbonyl (C=O) groups is 1. The largest absolute Gasteiger partial charge is 0.340 e. The lowest BCUT2D eigenvalue weighted by molar-refractivity contribution is -0.132. The summed E-state index contributed by atoms with van der Waals surface area (Å²) >= 11 is 0. The van der Waals surface area contributed by atoms with Crippen LogP contribution in [0.1, 0.15) is 32.3 Å². The molecule has 1 N–H and O–H groups in total. The summed E-state index contributed by atoms with van der Waals surface area (Å²) in [6.45, 7) is 9.76. The Morgan fingerprint density at radius 2 is 1.95 bits per heavy atom. The molecule has 1 heterocycles. The smallest absolute Gasteiger partial charge is 0.223 e. The molecule has 4 heteroatoms. The number of hydrogen-bond acceptors (Lipinski definition) is 3. The van der Waals surface area contributed by atoms with Gasteiger partial charge in [0.1, 0.15) is 0 Å². The van der Waals surface area contributed by atoms with Crippen LogP contribution in [-0.2, 0) is 11.3 Å². The zero-order chi connectivity index (χ0) is 15.8. The molecule has 1 saturated heterocycles. The van der Waals surface area contributed by atoms with Crippen molar-refractivity contribution in [3.05, 3.63) is 35.9 Å². The van der Waals surface area contributed by atoms with Gasteiger partial charge in [0.15, 0.2) is 0 Å². The van der Waals surface area contributed by atoms with Crippen molar-refractivity contribution >= 4 is 5.91 Å². The van der Waals surface area contributed by atoms with Crippen LogP contribution in [0.3, 0.4) is 0 Å². The second-order valence-electron chi connectivity index (χ2n) is 6.09. The minimum atomic E-state index is 0.294. The molecule has 1 amide bonds. The molecule has 0 spiro atoms. The standard InChI is InChI=1S/C18H29N3O/c1-3-16(2)21(15-17-7-5-4-6-8-17)12-9-18(22)20-13-10-19-11-14-20/h4-8,16,19H,3,9-15H2,1-2H3. The van der Waals surface area contributed by atoms with Gasteiger partial charge in [-0.05, 0) is 18.9 Å². The average Bonchev–Trinajstić information content (AvgIpc) is 2.59. The van der Waals surface area contributed by atoms with Crippen molar-refractivity contribution in [3.63, 3.8) is 0 Å². The van der Waals surface area contributed by atoms with Crippen molar-refractivity contribution in [1.29, 1.82) is 0 Å². The molecular weight excluding hydrogens is 274 g/mol. The third-order valence-electron chi connectivity index (χ3n) is 4.53. The average molecular weight is 303 g/mol. The zero-order valence-electron chi connectivity index (χ0n) is 13.9. The molecule has 0 aromatic heterocycles. The number of benzene rings is 1. The number of nitrogens with one attached hydrogen (secondary N) is 1. The molecule has 122 valence electrons. The van der Waals surface area contributed by atoms with Crippen LogP contribution in [0, 0.1) is 0 Å². The highest BCUT2D eigenvalue weighted by Crippen LogP contribution is 2.12. The fourth-order valence-corrected chi connectivity index (χ4v) is 2.84. The van der Waals surface area contributed by atoms with E-state index in [1.165, 1.54) is 5.56 Å². The molecule has 0 bridgehead atoms. The van der Waals surface area contributed by atoms with Crippen LogP contribution in [0.15, 0.2) is 30.3 Å². The van der Waals surface area contributed by atoms with Gasteiger partial charge in [-0.25, -0.2) is 0 Å². The van der Waals surface area contributed by atoms with Crippen LogP contribution >= 0.6 is 0 Å². The summed E-state index contributed by atoms with van der Waals surface area (Å²) in [5.41, 5.74) is 1.32. The Balaban J connectivity index is 1.87. The van der Waals surface area contributed by atoms with Crippen molar-refractivity contribution in [3.8, 4) is 0 Å². The van der Waals surface area contributed by atoms with E-state index in [0.717, 1.165) is 45.7 Å². The monoisotopic (exact) mass is 303 g/mol. The third-order valence-corrected chi connectivity index (χ3v) is 4.53. The first-order valence-electron chi connectivity index (χ1n) is 8.47. The van der Waals surface area contributed by atoms with Gasteiger partial charge in [-0.2, -0.15) is 0 Å². The Labute approximate surface area is 134 Å². The van der Waals surface area contributed by atoms with Gasteiger partial charge >= 0.3 is 0 Å².